The van der Waals surface area contributed by atoms with E-state index in [-0.39, 0.29) is 12.5 Å². The van der Waals surface area contributed by atoms with Crippen molar-refractivity contribution in [3.63, 3.8) is 0 Å². The molecule has 126 valence electrons. The van der Waals surface area contributed by atoms with Crippen molar-refractivity contribution in [2.24, 2.45) is 0 Å². The Bertz CT molecular complexity index is 704. The van der Waals surface area contributed by atoms with Crippen LogP contribution in [0.25, 0.3) is 6.08 Å². The van der Waals surface area contributed by atoms with Crippen molar-refractivity contribution in [2.45, 2.75) is 26.2 Å². The van der Waals surface area contributed by atoms with Crippen LogP contribution in [0.1, 0.15) is 37.5 Å². The van der Waals surface area contributed by atoms with Gasteiger partial charge in [-0.05, 0) is 42.2 Å². The van der Waals surface area contributed by atoms with Gasteiger partial charge in [0.05, 0.1) is 6.26 Å². The normalized spacial score (nSPS) is 12.1. The number of carbonyl (C=O) groups excluding carboxylic acids is 2. The van der Waals surface area contributed by atoms with Gasteiger partial charge in [-0.25, -0.2) is 4.79 Å². The van der Waals surface area contributed by atoms with Gasteiger partial charge in [0.1, 0.15) is 5.76 Å². The molecule has 1 atom stereocenters. The molecule has 0 saturated heterocycles. The molecule has 0 fully saturated rings. The molecule has 0 aliphatic heterocycles. The van der Waals surface area contributed by atoms with Crippen molar-refractivity contribution in [3.8, 4) is 0 Å². The summed E-state index contributed by atoms with van der Waals surface area (Å²) in [7, 11) is 0. The molecular weight excluding hydrogens is 306 g/mol. The summed E-state index contributed by atoms with van der Waals surface area (Å²) in [4.78, 5) is 23.6. The van der Waals surface area contributed by atoms with Gasteiger partial charge in [0.15, 0.2) is 6.61 Å². The fourth-order valence-electron chi connectivity index (χ4n) is 2.17. The van der Waals surface area contributed by atoms with E-state index in [9.17, 15) is 9.59 Å². The third-order valence-corrected chi connectivity index (χ3v) is 3.65. The number of hydrogen-bond donors (Lipinski definition) is 1. The van der Waals surface area contributed by atoms with Gasteiger partial charge in [-0.2, -0.15) is 0 Å². The van der Waals surface area contributed by atoms with Gasteiger partial charge >= 0.3 is 5.97 Å². The lowest BCUT2D eigenvalue weighted by Gasteiger charge is -2.15. The van der Waals surface area contributed by atoms with Crippen molar-refractivity contribution in [3.05, 3.63) is 60.1 Å². The number of furan rings is 1. The van der Waals surface area contributed by atoms with E-state index < -0.39 is 5.97 Å². The van der Waals surface area contributed by atoms with E-state index in [1.54, 1.807) is 12.1 Å². The number of hydrogen-bond acceptors (Lipinski definition) is 4. The molecule has 0 spiro atoms. The summed E-state index contributed by atoms with van der Waals surface area (Å²) in [5.74, 6) is -0.0959. The number of esters is 1. The summed E-state index contributed by atoms with van der Waals surface area (Å²) < 4.78 is 9.98. The zero-order valence-corrected chi connectivity index (χ0v) is 13.8. The molecule has 2 aromatic rings. The van der Waals surface area contributed by atoms with Crippen LogP contribution in [0.5, 0.6) is 0 Å². The number of para-hydroxylation sites is 1. The highest BCUT2D eigenvalue weighted by molar-refractivity contribution is 5.95. The smallest absolute Gasteiger partial charge is 0.331 e. The van der Waals surface area contributed by atoms with E-state index in [4.69, 9.17) is 9.15 Å². The lowest BCUT2D eigenvalue weighted by molar-refractivity contribution is -0.142. The molecule has 1 amide bonds. The first-order valence-electron chi connectivity index (χ1n) is 7.87. The average Bonchev–Trinajstić information content (AvgIpc) is 3.11. The average molecular weight is 327 g/mol. The van der Waals surface area contributed by atoms with Crippen molar-refractivity contribution in [2.75, 3.05) is 11.9 Å². The molecule has 0 aliphatic rings. The topological polar surface area (TPSA) is 68.5 Å². The van der Waals surface area contributed by atoms with Crippen LogP contribution in [0.2, 0.25) is 0 Å². The monoisotopic (exact) mass is 327 g/mol. The van der Waals surface area contributed by atoms with Gasteiger partial charge in [-0.15, -0.1) is 0 Å². The van der Waals surface area contributed by atoms with Crippen LogP contribution in [0, 0.1) is 0 Å². The molecule has 0 saturated carbocycles. The Hall–Kier alpha value is -2.82. The Kier molecular flexibility index (Phi) is 6.37. The summed E-state index contributed by atoms with van der Waals surface area (Å²) in [5.41, 5.74) is 1.82. The molecule has 1 aromatic carbocycles. The Balaban J connectivity index is 1.86. The largest absolute Gasteiger partial charge is 0.465 e. The highest BCUT2D eigenvalue weighted by atomic mass is 16.5. The molecule has 0 radical (unpaired) electrons. The highest BCUT2D eigenvalue weighted by Gasteiger charge is 2.12. The second-order valence-corrected chi connectivity index (χ2v) is 5.40. The maximum atomic E-state index is 12.0. The second-order valence-electron chi connectivity index (χ2n) is 5.40. The fourth-order valence-corrected chi connectivity index (χ4v) is 2.17. The number of rotatable bonds is 7. The third kappa shape index (κ3) is 5.12. The fraction of sp³-hybridized carbons (Fsp3) is 0.263. The number of carbonyl (C=O) groups is 2. The van der Waals surface area contributed by atoms with Gasteiger partial charge < -0.3 is 14.5 Å². The van der Waals surface area contributed by atoms with Gasteiger partial charge in [0, 0.05) is 11.8 Å². The van der Waals surface area contributed by atoms with Crippen LogP contribution in [0.4, 0.5) is 5.69 Å². The predicted molar refractivity (Wildman–Crippen MR) is 92.5 cm³/mol. The zero-order chi connectivity index (χ0) is 17.4. The summed E-state index contributed by atoms with van der Waals surface area (Å²) in [6.07, 6.45) is 5.18. The first-order chi connectivity index (χ1) is 11.6. The Morgan fingerprint density at radius 1 is 1.25 bits per heavy atom. The second kappa shape index (κ2) is 8.72. The van der Waals surface area contributed by atoms with Gasteiger partial charge in [-0.1, -0.05) is 32.0 Å². The van der Waals surface area contributed by atoms with E-state index in [0.29, 0.717) is 11.7 Å². The maximum absolute atomic E-state index is 12.0. The summed E-state index contributed by atoms with van der Waals surface area (Å²) in [6, 6.07) is 11.1. The first-order valence-corrected chi connectivity index (χ1v) is 7.87. The molecule has 1 aromatic heterocycles. The number of nitrogens with one attached hydrogen (secondary N) is 1. The minimum atomic E-state index is -0.600. The Labute approximate surface area is 141 Å². The molecule has 2 rings (SSSR count). The summed E-state index contributed by atoms with van der Waals surface area (Å²) in [5, 5.41) is 2.79. The SMILES string of the molecule is CCC(C)c1ccccc1NC(=O)COC(=O)/C=C/c1ccco1. The van der Waals surface area contributed by atoms with Crippen molar-refractivity contribution in [1.29, 1.82) is 0 Å². The van der Waals surface area contributed by atoms with Crippen molar-refractivity contribution in [1.82, 2.24) is 0 Å². The minimum Gasteiger partial charge on any atom is -0.465 e. The number of anilines is 1. The molecule has 1 N–H and O–H groups in total. The molecule has 1 unspecified atom stereocenters. The highest BCUT2D eigenvalue weighted by Crippen LogP contribution is 2.26. The van der Waals surface area contributed by atoms with Crippen molar-refractivity contribution < 1.29 is 18.7 Å². The standard InChI is InChI=1S/C19H21NO4/c1-3-14(2)16-8-4-5-9-17(16)20-18(21)13-24-19(22)11-10-15-7-6-12-23-15/h4-12,14H,3,13H2,1-2H3,(H,20,21)/b11-10+. The van der Waals surface area contributed by atoms with Crippen molar-refractivity contribution >= 4 is 23.6 Å². The van der Waals surface area contributed by atoms with Crippen LogP contribution in [-0.2, 0) is 14.3 Å². The van der Waals surface area contributed by atoms with E-state index in [2.05, 4.69) is 19.2 Å². The van der Waals surface area contributed by atoms with E-state index in [0.717, 1.165) is 17.7 Å². The predicted octanol–water partition coefficient (Wildman–Crippen LogP) is 3.99. The molecule has 5 heteroatoms. The number of benzene rings is 1. The summed E-state index contributed by atoms with van der Waals surface area (Å²) in [6.45, 7) is 3.86. The van der Waals surface area contributed by atoms with E-state index in [1.165, 1.54) is 18.4 Å². The van der Waals surface area contributed by atoms with Gasteiger partial charge in [0.2, 0.25) is 0 Å². The Morgan fingerprint density at radius 3 is 2.75 bits per heavy atom. The maximum Gasteiger partial charge on any atom is 0.331 e. The first kappa shape index (κ1) is 17.5. The molecule has 24 heavy (non-hydrogen) atoms. The van der Waals surface area contributed by atoms with Crippen LogP contribution >= 0.6 is 0 Å². The number of amides is 1. The summed E-state index contributed by atoms with van der Waals surface area (Å²) >= 11 is 0. The van der Waals surface area contributed by atoms with E-state index >= 15 is 0 Å². The van der Waals surface area contributed by atoms with Gasteiger partial charge in [-0.3, -0.25) is 4.79 Å². The lowest BCUT2D eigenvalue weighted by atomic mass is 9.97. The molecule has 0 aliphatic carbocycles. The third-order valence-electron chi connectivity index (χ3n) is 3.65. The quantitative estimate of drug-likeness (QED) is 0.617. The molecule has 5 nitrogen and oxygen atoms in total. The number of ether oxygens (including phenoxy) is 1. The Morgan fingerprint density at radius 2 is 2.04 bits per heavy atom. The lowest BCUT2D eigenvalue weighted by Crippen LogP contribution is -2.21. The van der Waals surface area contributed by atoms with Crippen LogP contribution in [0.3, 0.4) is 0 Å². The van der Waals surface area contributed by atoms with Gasteiger partial charge in [0.25, 0.3) is 5.91 Å². The van der Waals surface area contributed by atoms with Crippen LogP contribution in [0.15, 0.2) is 53.2 Å². The van der Waals surface area contributed by atoms with E-state index in [1.807, 2.05) is 24.3 Å². The zero-order valence-electron chi connectivity index (χ0n) is 13.8. The molecule has 1 heterocycles. The minimum absolute atomic E-state index is 0.334. The molecule has 0 bridgehead atoms. The van der Waals surface area contributed by atoms with Crippen LogP contribution in [-0.4, -0.2) is 18.5 Å². The van der Waals surface area contributed by atoms with Crippen LogP contribution < -0.4 is 5.32 Å². The molecular formula is C19H21NO4.